The summed E-state index contributed by atoms with van der Waals surface area (Å²) in [7, 11) is -3.35. The van der Waals surface area contributed by atoms with E-state index in [1.165, 1.54) is 6.26 Å². The van der Waals surface area contributed by atoms with Gasteiger partial charge in [0.15, 0.2) is 0 Å². The zero-order chi connectivity index (χ0) is 20.5. The van der Waals surface area contributed by atoms with Gasteiger partial charge in [-0.1, -0.05) is 18.2 Å². The first-order valence-corrected chi connectivity index (χ1v) is 12.5. The Morgan fingerprint density at radius 2 is 1.93 bits per heavy atom. The van der Waals surface area contributed by atoms with E-state index in [9.17, 15) is 8.42 Å². The van der Waals surface area contributed by atoms with Crippen molar-refractivity contribution < 1.29 is 22.3 Å². The summed E-state index contributed by atoms with van der Waals surface area (Å²) in [5.41, 5.74) is 1.15. The Balaban J connectivity index is 1.59. The molecule has 1 saturated heterocycles. The second-order valence-corrected chi connectivity index (χ2v) is 10.4. The van der Waals surface area contributed by atoms with Gasteiger partial charge in [0.2, 0.25) is 15.9 Å². The molecule has 1 N–H and O–H groups in total. The summed E-state index contributed by atoms with van der Waals surface area (Å²) in [6, 6.07) is 7.57. The lowest BCUT2D eigenvalue weighted by molar-refractivity contribution is -0.180. The third-order valence-corrected chi connectivity index (χ3v) is 7.23. The molecule has 29 heavy (non-hydrogen) atoms. The van der Waals surface area contributed by atoms with Crippen LogP contribution in [0.3, 0.4) is 0 Å². The summed E-state index contributed by atoms with van der Waals surface area (Å²) in [4.78, 5) is 2.18. The minimum Gasteiger partial charge on any atom is -0.492 e. The van der Waals surface area contributed by atoms with Crippen molar-refractivity contribution in [3.8, 4) is 5.75 Å². The summed E-state index contributed by atoms with van der Waals surface area (Å²) in [5.74, 6) is -0.482. The van der Waals surface area contributed by atoms with Crippen LogP contribution in [0.4, 0.5) is 4.39 Å². The first-order valence-electron chi connectivity index (χ1n) is 10.6. The Morgan fingerprint density at radius 3 is 2.69 bits per heavy atom. The van der Waals surface area contributed by atoms with E-state index in [0.717, 1.165) is 43.5 Å². The summed E-state index contributed by atoms with van der Waals surface area (Å²) in [5, 5.41) is 0. The molecule has 1 aromatic carbocycles. The Labute approximate surface area is 172 Å². The molecule has 0 aromatic heterocycles. The highest BCUT2D eigenvalue weighted by Crippen LogP contribution is 2.43. The van der Waals surface area contributed by atoms with Gasteiger partial charge in [-0.25, -0.2) is 17.5 Å². The van der Waals surface area contributed by atoms with Crippen LogP contribution in [0.25, 0.3) is 0 Å². The standard InChI is InChI=1S/C21H31FN2O4S/c1-29(25,26)23-18-6-4-12-24-13-14-27-20-7-3-2-5-17(20)16-8-10-21(22,11-9-16)28-15-19(18)24/h2-3,5,7,16,18-19,23H,4,6,8-15H2,1H3/t16?,18-,19-,21?/m0/s1. The second kappa shape index (κ2) is 8.49. The third kappa shape index (κ3) is 5.10. The lowest BCUT2D eigenvalue weighted by Crippen LogP contribution is -2.58. The molecule has 8 heteroatoms. The van der Waals surface area contributed by atoms with Gasteiger partial charge in [-0.3, -0.25) is 4.90 Å². The highest BCUT2D eigenvalue weighted by molar-refractivity contribution is 7.88. The maximum Gasteiger partial charge on any atom is 0.209 e. The molecule has 6 nitrogen and oxygen atoms in total. The predicted octanol–water partition coefficient (Wildman–Crippen LogP) is 2.80. The highest BCUT2D eigenvalue weighted by Gasteiger charge is 2.41. The van der Waals surface area contributed by atoms with Crippen molar-refractivity contribution in [1.29, 1.82) is 0 Å². The van der Waals surface area contributed by atoms with E-state index in [-0.39, 0.29) is 24.6 Å². The number of halogens is 1. The second-order valence-electron chi connectivity index (χ2n) is 8.60. The Hall–Kier alpha value is -1.22. The minimum atomic E-state index is -3.35. The summed E-state index contributed by atoms with van der Waals surface area (Å²) in [6.45, 7) is 2.16. The van der Waals surface area contributed by atoms with Gasteiger partial charge < -0.3 is 9.47 Å². The fraction of sp³-hybridized carbons (Fsp3) is 0.714. The molecule has 162 valence electrons. The molecular weight excluding hydrogens is 395 g/mol. The lowest BCUT2D eigenvalue weighted by Gasteiger charge is -2.42. The normalized spacial score (nSPS) is 34.1. The third-order valence-electron chi connectivity index (χ3n) is 6.50. The van der Waals surface area contributed by atoms with Crippen molar-refractivity contribution in [2.45, 2.75) is 62.4 Å². The van der Waals surface area contributed by atoms with E-state index >= 15 is 4.39 Å². The van der Waals surface area contributed by atoms with Crippen molar-refractivity contribution in [1.82, 2.24) is 9.62 Å². The summed E-state index contributed by atoms with van der Waals surface area (Å²) >= 11 is 0. The van der Waals surface area contributed by atoms with Crippen molar-refractivity contribution in [3.05, 3.63) is 29.8 Å². The maximum absolute atomic E-state index is 15.4. The molecule has 0 unspecified atom stereocenters. The molecule has 5 rings (SSSR count). The number of fused-ring (bicyclic) bond motifs is 5. The van der Waals surface area contributed by atoms with Gasteiger partial charge in [-0.2, -0.15) is 0 Å². The molecule has 2 atom stereocenters. The first-order chi connectivity index (χ1) is 13.8. The topological polar surface area (TPSA) is 67.9 Å². The SMILES string of the molecule is CS(=O)(=O)N[C@H]1CCCN2CCOc3ccccc3C3CCC(F)(CC3)OC[C@@H]12. The van der Waals surface area contributed by atoms with E-state index in [1.807, 2.05) is 18.2 Å². The number of nitrogens with one attached hydrogen (secondary N) is 1. The number of hydrogen-bond acceptors (Lipinski definition) is 5. The molecule has 3 heterocycles. The molecule has 0 amide bonds. The fourth-order valence-corrected chi connectivity index (χ4v) is 5.82. The Morgan fingerprint density at radius 1 is 1.17 bits per heavy atom. The van der Waals surface area contributed by atoms with Gasteiger partial charge in [0.05, 0.1) is 12.9 Å². The van der Waals surface area contributed by atoms with Crippen molar-refractivity contribution in [3.63, 3.8) is 0 Å². The Bertz CT molecular complexity index is 811. The fourth-order valence-electron chi connectivity index (χ4n) is 5.00. The number of para-hydroxylation sites is 1. The minimum absolute atomic E-state index is 0.182. The summed E-state index contributed by atoms with van der Waals surface area (Å²) in [6.07, 6.45) is 4.91. The predicted molar refractivity (Wildman–Crippen MR) is 109 cm³/mol. The molecule has 1 saturated carbocycles. The van der Waals surface area contributed by atoms with Gasteiger partial charge in [-0.05, 0) is 49.8 Å². The Kier molecular flexibility index (Phi) is 6.16. The van der Waals surface area contributed by atoms with Crippen LogP contribution < -0.4 is 9.46 Å². The molecule has 1 aliphatic carbocycles. The average Bonchev–Trinajstić information content (AvgIpc) is 2.68. The number of piperidine rings is 1. The van der Waals surface area contributed by atoms with Gasteiger partial charge in [-0.15, -0.1) is 0 Å². The van der Waals surface area contributed by atoms with Crippen molar-refractivity contribution >= 4 is 10.0 Å². The van der Waals surface area contributed by atoms with Crippen LogP contribution in [0.1, 0.15) is 50.0 Å². The number of benzene rings is 1. The van der Waals surface area contributed by atoms with E-state index in [0.29, 0.717) is 26.0 Å². The number of alkyl halides is 1. The van der Waals surface area contributed by atoms with Gasteiger partial charge in [0.1, 0.15) is 12.4 Å². The molecule has 1 aromatic rings. The number of sulfonamides is 1. The zero-order valence-corrected chi connectivity index (χ0v) is 17.8. The lowest BCUT2D eigenvalue weighted by atomic mass is 9.81. The molecule has 0 radical (unpaired) electrons. The highest BCUT2D eigenvalue weighted by atomic mass is 32.2. The van der Waals surface area contributed by atoms with Crippen LogP contribution in [0.5, 0.6) is 5.75 Å². The summed E-state index contributed by atoms with van der Waals surface area (Å²) < 4.78 is 53.9. The quantitative estimate of drug-likeness (QED) is 0.788. The van der Waals surface area contributed by atoms with Gasteiger partial charge in [0.25, 0.3) is 0 Å². The van der Waals surface area contributed by atoms with Gasteiger partial charge >= 0.3 is 0 Å². The van der Waals surface area contributed by atoms with E-state index in [4.69, 9.17) is 9.47 Å². The van der Waals surface area contributed by atoms with Crippen molar-refractivity contribution in [2.24, 2.45) is 0 Å². The van der Waals surface area contributed by atoms with E-state index < -0.39 is 15.9 Å². The molecule has 3 aliphatic heterocycles. The van der Waals surface area contributed by atoms with Crippen molar-refractivity contribution in [2.75, 3.05) is 32.6 Å². The van der Waals surface area contributed by atoms with E-state index in [1.54, 1.807) is 0 Å². The largest absolute Gasteiger partial charge is 0.492 e. The maximum atomic E-state index is 15.4. The first kappa shape index (κ1) is 21.0. The molecule has 2 fully saturated rings. The van der Waals surface area contributed by atoms with Crippen LogP contribution in [0, 0.1) is 0 Å². The van der Waals surface area contributed by atoms with E-state index in [2.05, 4.69) is 15.7 Å². The molecule has 4 aliphatic rings. The van der Waals surface area contributed by atoms with Crippen LogP contribution >= 0.6 is 0 Å². The smallest absolute Gasteiger partial charge is 0.209 e. The number of hydrogen-bond donors (Lipinski definition) is 1. The average molecular weight is 427 g/mol. The number of ether oxygens (including phenoxy) is 2. The molecule has 0 spiro atoms. The van der Waals surface area contributed by atoms with Crippen LogP contribution in [-0.4, -0.2) is 63.8 Å². The van der Waals surface area contributed by atoms with Crippen LogP contribution in [0.2, 0.25) is 0 Å². The molecular formula is C21H31FN2O4S. The number of rotatable bonds is 2. The monoisotopic (exact) mass is 426 g/mol. The van der Waals surface area contributed by atoms with Gasteiger partial charge in [0, 0.05) is 31.5 Å². The molecule has 2 bridgehead atoms. The van der Waals surface area contributed by atoms with Crippen LogP contribution in [0.15, 0.2) is 24.3 Å². The number of nitrogens with zero attached hydrogens (tertiary/aromatic N) is 1. The zero-order valence-electron chi connectivity index (χ0n) is 17.0. The van der Waals surface area contributed by atoms with Crippen LogP contribution in [-0.2, 0) is 14.8 Å².